The Kier molecular flexibility index (Phi) is 3.87. The monoisotopic (exact) mass is 264 g/mol. The standard InChI is InChI=1S/C13H20N4O2/c1-4-5-11-12(18)15-9(2)13(19)17(11)8-10-6-14-16(3)7-10/h6-7,9,11H,4-5,8H2,1-3H3,(H,15,18). The van der Waals surface area contributed by atoms with Gasteiger partial charge in [0.1, 0.15) is 12.1 Å². The molecule has 2 amide bonds. The van der Waals surface area contributed by atoms with Gasteiger partial charge in [-0.2, -0.15) is 5.10 Å². The lowest BCUT2D eigenvalue weighted by Crippen LogP contribution is -2.61. The summed E-state index contributed by atoms with van der Waals surface area (Å²) in [6.45, 7) is 4.17. The lowest BCUT2D eigenvalue weighted by molar-refractivity contribution is -0.149. The van der Waals surface area contributed by atoms with Gasteiger partial charge in [-0.1, -0.05) is 13.3 Å². The lowest BCUT2D eigenvalue weighted by Gasteiger charge is -2.37. The van der Waals surface area contributed by atoms with E-state index in [0.717, 1.165) is 12.0 Å². The van der Waals surface area contributed by atoms with Crippen molar-refractivity contribution in [3.8, 4) is 0 Å². The first-order valence-corrected chi connectivity index (χ1v) is 6.61. The fourth-order valence-electron chi connectivity index (χ4n) is 2.41. The third-order valence-electron chi connectivity index (χ3n) is 3.36. The molecule has 1 saturated heterocycles. The summed E-state index contributed by atoms with van der Waals surface area (Å²) in [7, 11) is 1.83. The van der Waals surface area contributed by atoms with Gasteiger partial charge in [-0.25, -0.2) is 0 Å². The second-order valence-electron chi connectivity index (χ2n) is 5.02. The predicted octanol–water partition coefficient (Wildman–Crippen LogP) is 0.436. The van der Waals surface area contributed by atoms with Crippen molar-refractivity contribution in [2.45, 2.75) is 45.3 Å². The van der Waals surface area contributed by atoms with E-state index in [1.165, 1.54) is 0 Å². The Morgan fingerprint density at radius 2 is 2.16 bits per heavy atom. The number of carbonyl (C=O) groups excluding carboxylic acids is 2. The molecule has 6 nitrogen and oxygen atoms in total. The third-order valence-corrected chi connectivity index (χ3v) is 3.36. The number of hydrogen-bond donors (Lipinski definition) is 1. The van der Waals surface area contributed by atoms with E-state index in [2.05, 4.69) is 10.4 Å². The molecule has 0 aliphatic carbocycles. The Morgan fingerprint density at radius 3 is 2.74 bits per heavy atom. The molecule has 1 N–H and O–H groups in total. The van der Waals surface area contributed by atoms with Crippen molar-refractivity contribution in [3.05, 3.63) is 18.0 Å². The van der Waals surface area contributed by atoms with Crippen molar-refractivity contribution in [2.75, 3.05) is 0 Å². The first-order chi connectivity index (χ1) is 9.02. The van der Waals surface area contributed by atoms with Crippen molar-refractivity contribution >= 4 is 11.8 Å². The van der Waals surface area contributed by atoms with Gasteiger partial charge >= 0.3 is 0 Å². The molecule has 0 spiro atoms. The van der Waals surface area contributed by atoms with Crippen LogP contribution in [-0.2, 0) is 23.2 Å². The predicted molar refractivity (Wildman–Crippen MR) is 70.1 cm³/mol. The Balaban J connectivity index is 2.20. The summed E-state index contributed by atoms with van der Waals surface area (Å²) >= 11 is 0. The van der Waals surface area contributed by atoms with Gasteiger partial charge in [0.05, 0.1) is 6.20 Å². The summed E-state index contributed by atoms with van der Waals surface area (Å²) < 4.78 is 1.70. The van der Waals surface area contributed by atoms with E-state index in [1.807, 2.05) is 20.2 Å². The number of carbonyl (C=O) groups is 2. The van der Waals surface area contributed by atoms with Crippen molar-refractivity contribution in [3.63, 3.8) is 0 Å². The highest BCUT2D eigenvalue weighted by molar-refractivity contribution is 5.96. The molecule has 0 bridgehead atoms. The van der Waals surface area contributed by atoms with Gasteiger partial charge < -0.3 is 10.2 Å². The molecule has 1 aromatic heterocycles. The largest absolute Gasteiger partial charge is 0.343 e. The van der Waals surface area contributed by atoms with Crippen LogP contribution in [0.1, 0.15) is 32.3 Å². The molecule has 2 atom stereocenters. The maximum atomic E-state index is 12.3. The molecule has 0 radical (unpaired) electrons. The van der Waals surface area contributed by atoms with Gasteiger partial charge in [0.2, 0.25) is 11.8 Å². The maximum Gasteiger partial charge on any atom is 0.245 e. The Hall–Kier alpha value is -1.85. The van der Waals surface area contributed by atoms with Gasteiger partial charge in [-0.3, -0.25) is 14.3 Å². The fourth-order valence-corrected chi connectivity index (χ4v) is 2.41. The smallest absolute Gasteiger partial charge is 0.245 e. The highest BCUT2D eigenvalue weighted by atomic mass is 16.2. The summed E-state index contributed by atoms with van der Waals surface area (Å²) in [5.74, 6) is -0.0836. The van der Waals surface area contributed by atoms with Crippen LogP contribution in [0.25, 0.3) is 0 Å². The van der Waals surface area contributed by atoms with Crippen LogP contribution in [0.2, 0.25) is 0 Å². The van der Waals surface area contributed by atoms with Crippen LogP contribution < -0.4 is 5.32 Å². The van der Waals surface area contributed by atoms with E-state index in [4.69, 9.17) is 0 Å². The number of aryl methyl sites for hydroxylation is 1. The molecule has 0 saturated carbocycles. The molecule has 104 valence electrons. The molecular formula is C13H20N4O2. The normalized spacial score (nSPS) is 23.6. The van der Waals surface area contributed by atoms with Crippen LogP contribution in [0.5, 0.6) is 0 Å². The molecule has 2 rings (SSSR count). The number of piperazine rings is 1. The first-order valence-electron chi connectivity index (χ1n) is 6.61. The van der Waals surface area contributed by atoms with Gasteiger partial charge in [-0.15, -0.1) is 0 Å². The number of hydrogen-bond acceptors (Lipinski definition) is 3. The highest BCUT2D eigenvalue weighted by Crippen LogP contribution is 2.17. The van der Waals surface area contributed by atoms with Crippen LogP contribution in [-0.4, -0.2) is 38.6 Å². The summed E-state index contributed by atoms with van der Waals surface area (Å²) in [6, 6.07) is -0.814. The topological polar surface area (TPSA) is 67.2 Å². The van der Waals surface area contributed by atoms with E-state index < -0.39 is 6.04 Å². The molecule has 2 heterocycles. The molecular weight excluding hydrogens is 244 g/mol. The minimum atomic E-state index is -0.447. The molecule has 1 aliphatic rings. The second-order valence-corrected chi connectivity index (χ2v) is 5.02. The summed E-state index contributed by atoms with van der Waals surface area (Å²) in [4.78, 5) is 25.9. The van der Waals surface area contributed by atoms with Crippen molar-refractivity contribution < 1.29 is 9.59 Å². The number of nitrogens with zero attached hydrogens (tertiary/aromatic N) is 3. The third kappa shape index (κ3) is 2.77. The zero-order chi connectivity index (χ0) is 14.0. The van der Waals surface area contributed by atoms with E-state index in [-0.39, 0.29) is 17.9 Å². The molecule has 6 heteroatoms. The minimum Gasteiger partial charge on any atom is -0.343 e. The maximum absolute atomic E-state index is 12.3. The van der Waals surface area contributed by atoms with Crippen molar-refractivity contribution in [1.29, 1.82) is 0 Å². The SMILES string of the molecule is CCCC1C(=O)NC(C)C(=O)N1Cc1cnn(C)c1. The molecule has 0 aromatic carbocycles. The average Bonchev–Trinajstić information content (AvgIpc) is 2.76. The quantitative estimate of drug-likeness (QED) is 0.858. The number of nitrogens with one attached hydrogen (secondary N) is 1. The first kappa shape index (κ1) is 13.6. The number of rotatable bonds is 4. The van der Waals surface area contributed by atoms with Crippen LogP contribution in [0.4, 0.5) is 0 Å². The van der Waals surface area contributed by atoms with E-state index in [0.29, 0.717) is 13.0 Å². The summed E-state index contributed by atoms with van der Waals surface area (Å²) in [5, 5.41) is 6.83. The Bertz CT molecular complexity index is 483. The van der Waals surface area contributed by atoms with Crippen LogP contribution in [0.15, 0.2) is 12.4 Å². The zero-order valence-corrected chi connectivity index (χ0v) is 11.6. The zero-order valence-electron chi connectivity index (χ0n) is 11.6. The van der Waals surface area contributed by atoms with Crippen LogP contribution >= 0.6 is 0 Å². The fraction of sp³-hybridized carbons (Fsp3) is 0.615. The Morgan fingerprint density at radius 1 is 1.42 bits per heavy atom. The van der Waals surface area contributed by atoms with E-state index >= 15 is 0 Å². The summed E-state index contributed by atoms with van der Waals surface area (Å²) in [6.07, 6.45) is 5.15. The molecule has 2 unspecified atom stereocenters. The van der Waals surface area contributed by atoms with Gasteiger partial charge in [0.15, 0.2) is 0 Å². The second kappa shape index (κ2) is 5.42. The molecule has 1 aliphatic heterocycles. The average molecular weight is 264 g/mol. The van der Waals surface area contributed by atoms with E-state index in [9.17, 15) is 9.59 Å². The molecule has 1 fully saturated rings. The van der Waals surface area contributed by atoms with Gasteiger partial charge in [0.25, 0.3) is 0 Å². The van der Waals surface area contributed by atoms with Crippen LogP contribution in [0, 0.1) is 0 Å². The Labute approximate surface area is 112 Å². The van der Waals surface area contributed by atoms with Crippen molar-refractivity contribution in [2.24, 2.45) is 7.05 Å². The molecule has 1 aromatic rings. The minimum absolute atomic E-state index is 0.0260. The van der Waals surface area contributed by atoms with Crippen LogP contribution in [0.3, 0.4) is 0 Å². The number of amides is 2. The number of aromatic nitrogens is 2. The van der Waals surface area contributed by atoms with Gasteiger partial charge in [-0.05, 0) is 13.3 Å². The summed E-state index contributed by atoms with van der Waals surface area (Å²) in [5.41, 5.74) is 0.943. The van der Waals surface area contributed by atoms with Crippen molar-refractivity contribution in [1.82, 2.24) is 20.0 Å². The van der Waals surface area contributed by atoms with Gasteiger partial charge in [0, 0.05) is 25.4 Å². The lowest BCUT2D eigenvalue weighted by atomic mass is 10.0. The highest BCUT2D eigenvalue weighted by Gasteiger charge is 2.37. The molecule has 19 heavy (non-hydrogen) atoms. The van der Waals surface area contributed by atoms with E-state index in [1.54, 1.807) is 22.7 Å².